The molecule has 32 heavy (non-hydrogen) atoms. The summed E-state index contributed by atoms with van der Waals surface area (Å²) >= 11 is 3.37. The minimum absolute atomic E-state index is 0.0435. The van der Waals surface area contributed by atoms with E-state index >= 15 is 0 Å². The molecule has 1 atom stereocenters. The van der Waals surface area contributed by atoms with Crippen LogP contribution in [0.3, 0.4) is 0 Å². The van der Waals surface area contributed by atoms with E-state index in [4.69, 9.17) is 0 Å². The lowest BCUT2D eigenvalue weighted by atomic mass is 10.1. The van der Waals surface area contributed by atoms with Crippen molar-refractivity contribution in [1.82, 2.24) is 9.62 Å². The molecule has 3 rings (SSSR count). The number of sulfonamides is 1. The van der Waals surface area contributed by atoms with Gasteiger partial charge in [-0.3, -0.25) is 4.79 Å². The summed E-state index contributed by atoms with van der Waals surface area (Å²) in [5.41, 5.74) is 2.41. The van der Waals surface area contributed by atoms with E-state index in [2.05, 4.69) is 21.2 Å². The van der Waals surface area contributed by atoms with Crippen LogP contribution in [-0.2, 0) is 21.4 Å². The lowest BCUT2D eigenvalue weighted by molar-refractivity contribution is -0.122. The highest BCUT2D eigenvalue weighted by Gasteiger charge is 2.27. The Labute approximate surface area is 196 Å². The first-order valence-corrected chi connectivity index (χ1v) is 12.2. The number of hydrogen-bond acceptors (Lipinski definition) is 3. The summed E-state index contributed by atoms with van der Waals surface area (Å²) < 4.78 is 41.9. The van der Waals surface area contributed by atoms with Crippen molar-refractivity contribution in [1.29, 1.82) is 0 Å². The number of aryl methyl sites for hydroxylation is 1. The first-order valence-electron chi connectivity index (χ1n) is 10.0. The number of amides is 1. The van der Waals surface area contributed by atoms with Gasteiger partial charge in [0.1, 0.15) is 5.82 Å². The second-order valence-corrected chi connectivity index (χ2v) is 10.4. The van der Waals surface area contributed by atoms with E-state index < -0.39 is 22.0 Å². The molecular weight excluding hydrogens is 495 g/mol. The van der Waals surface area contributed by atoms with E-state index in [0.29, 0.717) is 0 Å². The molecule has 8 heteroatoms. The molecule has 0 saturated heterocycles. The van der Waals surface area contributed by atoms with Crippen molar-refractivity contribution in [3.05, 3.63) is 99.8 Å². The number of nitrogens with one attached hydrogen (secondary N) is 1. The molecule has 3 aromatic rings. The van der Waals surface area contributed by atoms with E-state index in [1.165, 1.54) is 24.3 Å². The Kier molecular flexibility index (Phi) is 7.82. The quantitative estimate of drug-likeness (QED) is 0.458. The highest BCUT2D eigenvalue weighted by atomic mass is 79.9. The van der Waals surface area contributed by atoms with Crippen LogP contribution in [0.25, 0.3) is 0 Å². The fourth-order valence-corrected chi connectivity index (χ4v) is 4.81. The molecule has 168 valence electrons. The minimum Gasteiger partial charge on any atom is -0.348 e. The van der Waals surface area contributed by atoms with Gasteiger partial charge in [-0.15, -0.1) is 0 Å². The maximum Gasteiger partial charge on any atom is 0.243 e. The lowest BCUT2D eigenvalue weighted by Crippen LogP contribution is -2.41. The Morgan fingerprint density at radius 1 is 1.00 bits per heavy atom. The molecule has 0 radical (unpaired) electrons. The highest BCUT2D eigenvalue weighted by molar-refractivity contribution is 9.10. The smallest absolute Gasteiger partial charge is 0.243 e. The van der Waals surface area contributed by atoms with Gasteiger partial charge < -0.3 is 5.32 Å². The van der Waals surface area contributed by atoms with E-state index in [1.807, 2.05) is 19.1 Å². The van der Waals surface area contributed by atoms with E-state index in [-0.39, 0.29) is 23.8 Å². The molecule has 0 fully saturated rings. The van der Waals surface area contributed by atoms with Crippen molar-refractivity contribution in [3.63, 3.8) is 0 Å². The molecule has 1 amide bonds. The average molecular weight is 519 g/mol. The largest absolute Gasteiger partial charge is 0.348 e. The summed E-state index contributed by atoms with van der Waals surface area (Å²) in [5, 5.41) is 2.80. The molecule has 0 aliphatic carbocycles. The summed E-state index contributed by atoms with van der Waals surface area (Å²) in [5.74, 6) is -0.813. The average Bonchev–Trinajstić information content (AvgIpc) is 2.75. The van der Waals surface area contributed by atoms with Gasteiger partial charge in [-0.1, -0.05) is 57.9 Å². The predicted octanol–water partition coefficient (Wildman–Crippen LogP) is 4.96. The monoisotopic (exact) mass is 518 g/mol. The third-order valence-electron chi connectivity index (χ3n) is 5.00. The summed E-state index contributed by atoms with van der Waals surface area (Å²) in [4.78, 5) is 12.9. The molecule has 0 heterocycles. The van der Waals surface area contributed by atoms with Gasteiger partial charge in [0.15, 0.2) is 0 Å². The molecule has 5 nitrogen and oxygen atoms in total. The van der Waals surface area contributed by atoms with Gasteiger partial charge in [0.25, 0.3) is 0 Å². The molecular formula is C24H24BrFN2O3S. The van der Waals surface area contributed by atoms with Crippen molar-refractivity contribution in [2.24, 2.45) is 0 Å². The molecule has 1 N–H and O–H groups in total. The van der Waals surface area contributed by atoms with Gasteiger partial charge in [0.05, 0.1) is 17.5 Å². The van der Waals surface area contributed by atoms with Crippen molar-refractivity contribution in [3.8, 4) is 0 Å². The van der Waals surface area contributed by atoms with Crippen LogP contribution < -0.4 is 5.32 Å². The van der Waals surface area contributed by atoms with Crippen LogP contribution in [0.1, 0.15) is 29.7 Å². The predicted molar refractivity (Wildman–Crippen MR) is 126 cm³/mol. The number of hydrogen-bond donors (Lipinski definition) is 1. The standard InChI is InChI=1S/C24H24BrFN2O3S/c1-17-3-13-23(14-4-17)32(30,31)28(15-19-5-9-21(25)10-6-19)16-24(29)27-18(2)20-7-11-22(26)12-8-20/h3-14,18H,15-16H2,1-2H3,(H,27,29)/t18-/m0/s1. The highest BCUT2D eigenvalue weighted by Crippen LogP contribution is 2.21. The third-order valence-corrected chi connectivity index (χ3v) is 7.33. The zero-order chi connectivity index (χ0) is 23.3. The molecule has 0 saturated carbocycles. The normalized spacial score (nSPS) is 12.5. The van der Waals surface area contributed by atoms with Crippen molar-refractivity contribution in [2.45, 2.75) is 31.3 Å². The molecule has 0 aromatic heterocycles. The van der Waals surface area contributed by atoms with E-state index in [9.17, 15) is 17.6 Å². The number of benzene rings is 3. The second kappa shape index (κ2) is 10.4. The van der Waals surface area contributed by atoms with Crippen LogP contribution in [0.5, 0.6) is 0 Å². The summed E-state index contributed by atoms with van der Waals surface area (Å²) in [7, 11) is -3.92. The molecule has 0 unspecified atom stereocenters. The Hall–Kier alpha value is -2.55. The summed E-state index contributed by atoms with van der Waals surface area (Å²) in [6.45, 7) is 3.33. The minimum atomic E-state index is -3.92. The molecule has 0 aliphatic rings. The van der Waals surface area contributed by atoms with Gasteiger partial charge in [0.2, 0.25) is 15.9 Å². The third kappa shape index (κ3) is 6.25. The molecule has 0 aliphatic heterocycles. The number of carbonyl (C=O) groups is 1. The van der Waals surface area contributed by atoms with Gasteiger partial charge >= 0.3 is 0 Å². The van der Waals surface area contributed by atoms with Crippen molar-refractivity contribution >= 4 is 31.9 Å². The van der Waals surface area contributed by atoms with Crippen LogP contribution in [0.2, 0.25) is 0 Å². The van der Waals surface area contributed by atoms with Crippen LogP contribution in [0.4, 0.5) is 4.39 Å². The topological polar surface area (TPSA) is 66.5 Å². The van der Waals surface area contributed by atoms with Crippen LogP contribution in [-0.4, -0.2) is 25.2 Å². The molecule has 3 aromatic carbocycles. The Balaban J connectivity index is 1.82. The summed E-state index contributed by atoms with van der Waals surface area (Å²) in [6, 6.07) is 19.2. The Bertz CT molecular complexity index is 1170. The second-order valence-electron chi connectivity index (χ2n) is 7.55. The Morgan fingerprint density at radius 3 is 2.19 bits per heavy atom. The summed E-state index contributed by atoms with van der Waals surface area (Å²) in [6.07, 6.45) is 0. The number of halogens is 2. The number of rotatable bonds is 8. The van der Waals surface area contributed by atoms with Crippen LogP contribution in [0.15, 0.2) is 82.2 Å². The fourth-order valence-electron chi connectivity index (χ4n) is 3.16. The van der Waals surface area contributed by atoms with Gasteiger partial charge in [-0.2, -0.15) is 4.31 Å². The molecule has 0 spiro atoms. The van der Waals surface area contributed by atoms with E-state index in [0.717, 1.165) is 25.5 Å². The van der Waals surface area contributed by atoms with Gasteiger partial charge in [-0.05, 0) is 61.4 Å². The first kappa shape index (κ1) is 24.1. The van der Waals surface area contributed by atoms with E-state index in [1.54, 1.807) is 43.3 Å². The van der Waals surface area contributed by atoms with Gasteiger partial charge in [0, 0.05) is 11.0 Å². The van der Waals surface area contributed by atoms with Crippen molar-refractivity contribution in [2.75, 3.05) is 6.54 Å². The van der Waals surface area contributed by atoms with Crippen molar-refractivity contribution < 1.29 is 17.6 Å². The number of nitrogens with zero attached hydrogens (tertiary/aromatic N) is 1. The van der Waals surface area contributed by atoms with Crippen LogP contribution in [0, 0.1) is 12.7 Å². The maximum absolute atomic E-state index is 13.3. The van der Waals surface area contributed by atoms with Crippen LogP contribution >= 0.6 is 15.9 Å². The fraction of sp³-hybridized carbons (Fsp3) is 0.208. The molecule has 0 bridgehead atoms. The zero-order valence-corrected chi connectivity index (χ0v) is 20.2. The maximum atomic E-state index is 13.3. The first-order chi connectivity index (χ1) is 15.1. The number of carbonyl (C=O) groups excluding carboxylic acids is 1. The Morgan fingerprint density at radius 2 is 1.59 bits per heavy atom. The SMILES string of the molecule is Cc1ccc(S(=O)(=O)N(CC(=O)N[C@@H](C)c2ccc(F)cc2)Cc2ccc(Br)cc2)cc1. The van der Waals surface area contributed by atoms with Gasteiger partial charge in [-0.25, -0.2) is 12.8 Å². The lowest BCUT2D eigenvalue weighted by Gasteiger charge is -2.23. The zero-order valence-electron chi connectivity index (χ0n) is 17.8.